The van der Waals surface area contributed by atoms with Crippen molar-refractivity contribution in [1.29, 1.82) is 0 Å². The van der Waals surface area contributed by atoms with Crippen LogP contribution in [-0.4, -0.2) is 5.11 Å². The van der Waals surface area contributed by atoms with E-state index in [0.717, 1.165) is 10.8 Å². The first-order valence-electron chi connectivity index (χ1n) is 3.60. The Balaban J connectivity index is 0.000000396. The summed E-state index contributed by atoms with van der Waals surface area (Å²) in [5.74, 6) is 0.198. The molecule has 0 unspecified atom stereocenters. The Bertz CT molecular complexity index is 401. The molecule has 13 heavy (non-hydrogen) atoms. The number of phenolic OH excluding ortho intramolecular Hbond substituents is 1. The van der Waals surface area contributed by atoms with E-state index in [1.54, 1.807) is 6.07 Å². The quantitative estimate of drug-likeness (QED) is 0.688. The zero-order valence-corrected chi connectivity index (χ0v) is 7.69. The van der Waals surface area contributed by atoms with Gasteiger partial charge in [-0.1, -0.05) is 18.2 Å². The molecule has 0 aliphatic heterocycles. The Morgan fingerprint density at radius 1 is 1.08 bits per heavy atom. The summed E-state index contributed by atoms with van der Waals surface area (Å²) in [5, 5.41) is 11.1. The van der Waals surface area contributed by atoms with Gasteiger partial charge in [0.2, 0.25) is 0 Å². The van der Waals surface area contributed by atoms with Crippen molar-refractivity contribution in [2.24, 2.45) is 0 Å². The van der Waals surface area contributed by atoms with Gasteiger partial charge in [-0.25, -0.2) is 0 Å². The van der Waals surface area contributed by atoms with Gasteiger partial charge in [-0.3, -0.25) is 0 Å². The maximum absolute atomic E-state index is 9.07. The zero-order valence-electron chi connectivity index (χ0n) is 6.65. The molecule has 0 heterocycles. The summed E-state index contributed by atoms with van der Waals surface area (Å²) in [7, 11) is 0. The first-order chi connectivity index (χ1) is 6.36. The fraction of sp³-hybridized carbons (Fsp3) is 0. The molecule has 0 atom stereocenters. The fourth-order valence-corrected chi connectivity index (χ4v) is 1.10. The molecule has 2 aromatic carbocycles. The van der Waals surface area contributed by atoms with Gasteiger partial charge in [-0.2, -0.15) is 0 Å². The van der Waals surface area contributed by atoms with E-state index in [2.05, 4.69) is 21.7 Å². The molecule has 0 aromatic heterocycles. The molecule has 0 saturated carbocycles. The molecular weight excluding hydrogens is 211 g/mol. The molecule has 0 spiro atoms. The Morgan fingerprint density at radius 2 is 1.77 bits per heavy atom. The topological polar surface area (TPSA) is 37.3 Å². The van der Waals surface area contributed by atoms with Gasteiger partial charge in [0.05, 0.1) is 0 Å². The molecular formula is C10H7CoO2-. The molecule has 2 aromatic rings. The second-order valence-electron chi connectivity index (χ2n) is 2.43. The molecule has 0 aliphatic carbocycles. The number of hydrogen-bond acceptors (Lipinski definition) is 2. The first kappa shape index (κ1) is 9.89. The van der Waals surface area contributed by atoms with Crippen molar-refractivity contribution in [3.63, 3.8) is 0 Å². The molecule has 0 bridgehead atoms. The molecule has 0 radical (unpaired) electrons. The van der Waals surface area contributed by atoms with Crippen LogP contribution in [0.3, 0.4) is 0 Å². The van der Waals surface area contributed by atoms with Crippen LogP contribution in [0.25, 0.3) is 10.8 Å². The molecule has 0 amide bonds. The average Bonchev–Trinajstić information content (AvgIpc) is 2.21. The standard InChI is InChI=1S/C10H7O.Co.O/c11-10-6-5-8-3-1-2-4-9(8)7-10;;/h1-6,11H;;/q-1;;. The van der Waals surface area contributed by atoms with Gasteiger partial charge in [0.15, 0.2) is 0 Å². The Kier molecular flexibility index (Phi) is 3.61. The van der Waals surface area contributed by atoms with Gasteiger partial charge in [0, 0.05) is 5.75 Å². The van der Waals surface area contributed by atoms with E-state index in [9.17, 15) is 0 Å². The zero-order chi connectivity index (χ0) is 9.68. The maximum atomic E-state index is 9.07. The van der Waals surface area contributed by atoms with Crippen LogP contribution in [0.4, 0.5) is 0 Å². The Labute approximate surface area is 84.0 Å². The summed E-state index contributed by atoms with van der Waals surface area (Å²) in [6.45, 7) is 0. The van der Waals surface area contributed by atoms with Gasteiger partial charge in [-0.15, -0.1) is 35.0 Å². The Hall–Kier alpha value is -1.19. The molecule has 69 valence electrons. The van der Waals surface area contributed by atoms with Gasteiger partial charge in [0.25, 0.3) is 0 Å². The summed E-state index contributed by atoms with van der Waals surface area (Å²) in [6.07, 6.45) is 0. The third kappa shape index (κ3) is 2.37. The van der Waals surface area contributed by atoms with Crippen molar-refractivity contribution >= 4 is 10.8 Å². The summed E-state index contributed by atoms with van der Waals surface area (Å²) >= 11 is 2.31. The van der Waals surface area contributed by atoms with Crippen molar-refractivity contribution < 1.29 is 24.6 Å². The molecule has 0 aliphatic rings. The predicted octanol–water partition coefficient (Wildman–Crippen LogP) is 2.22. The van der Waals surface area contributed by atoms with Gasteiger partial charge in [-0.05, 0) is 0 Å². The monoisotopic (exact) mass is 218 g/mol. The van der Waals surface area contributed by atoms with Gasteiger partial charge < -0.3 is 5.11 Å². The van der Waals surface area contributed by atoms with E-state index < -0.39 is 0 Å². The van der Waals surface area contributed by atoms with E-state index in [-0.39, 0.29) is 5.75 Å². The second kappa shape index (κ2) is 4.74. The normalized spacial score (nSPS) is 9.00. The third-order valence-electron chi connectivity index (χ3n) is 1.64. The van der Waals surface area contributed by atoms with E-state index in [1.165, 1.54) is 0 Å². The van der Waals surface area contributed by atoms with Crippen molar-refractivity contribution in [3.8, 4) is 5.75 Å². The van der Waals surface area contributed by atoms with Gasteiger partial charge >= 0.3 is 19.5 Å². The first-order valence-corrected chi connectivity index (χ1v) is 4.02. The molecule has 3 heteroatoms. The fourth-order valence-electron chi connectivity index (χ4n) is 1.10. The van der Waals surface area contributed by atoms with Crippen molar-refractivity contribution in [2.75, 3.05) is 0 Å². The Morgan fingerprint density at radius 3 is 2.54 bits per heavy atom. The minimum absolute atomic E-state index is 0.198. The number of benzene rings is 2. The molecule has 0 saturated heterocycles. The second-order valence-corrected chi connectivity index (χ2v) is 2.43. The summed E-state index contributed by atoms with van der Waals surface area (Å²) in [4.78, 5) is 0. The van der Waals surface area contributed by atoms with Crippen molar-refractivity contribution in [1.82, 2.24) is 0 Å². The number of aromatic hydroxyl groups is 1. The van der Waals surface area contributed by atoms with Crippen molar-refractivity contribution in [3.05, 3.63) is 42.5 Å². The number of phenols is 1. The average molecular weight is 218 g/mol. The molecule has 1 N–H and O–H groups in total. The van der Waals surface area contributed by atoms with Crippen LogP contribution in [0.15, 0.2) is 36.4 Å². The van der Waals surface area contributed by atoms with Crippen LogP contribution >= 0.6 is 0 Å². The van der Waals surface area contributed by atoms with Crippen LogP contribution < -0.4 is 0 Å². The van der Waals surface area contributed by atoms with Gasteiger partial charge in [0.1, 0.15) is 0 Å². The van der Waals surface area contributed by atoms with Crippen LogP contribution in [0.5, 0.6) is 5.75 Å². The van der Waals surface area contributed by atoms with E-state index in [0.29, 0.717) is 0 Å². The van der Waals surface area contributed by atoms with Crippen LogP contribution in [0.1, 0.15) is 0 Å². The van der Waals surface area contributed by atoms with E-state index >= 15 is 0 Å². The molecule has 0 fully saturated rings. The van der Waals surface area contributed by atoms with E-state index in [4.69, 9.17) is 8.97 Å². The van der Waals surface area contributed by atoms with Crippen LogP contribution in [-0.2, 0) is 19.5 Å². The summed E-state index contributed by atoms with van der Waals surface area (Å²) in [6, 6.07) is 14.2. The number of hydrogen-bond donors (Lipinski definition) is 1. The minimum atomic E-state index is 0.198. The van der Waals surface area contributed by atoms with Crippen LogP contribution in [0, 0.1) is 6.07 Å². The third-order valence-corrected chi connectivity index (χ3v) is 1.64. The number of rotatable bonds is 0. The van der Waals surface area contributed by atoms with Crippen LogP contribution in [0.2, 0.25) is 0 Å². The predicted molar refractivity (Wildman–Crippen MR) is 45.1 cm³/mol. The molecule has 2 nitrogen and oxygen atoms in total. The summed E-state index contributed by atoms with van der Waals surface area (Å²) in [5.41, 5.74) is 0. The summed E-state index contributed by atoms with van der Waals surface area (Å²) < 4.78 is 7.94. The van der Waals surface area contributed by atoms with E-state index in [1.807, 2.05) is 30.3 Å². The SMILES string of the molecule is Oc1[c-]c2ccccc2cc1.[O]=[Co]. The number of fused-ring (bicyclic) bond motifs is 1. The molecule has 2 rings (SSSR count). The van der Waals surface area contributed by atoms with Crippen molar-refractivity contribution in [2.45, 2.75) is 0 Å².